The summed E-state index contributed by atoms with van der Waals surface area (Å²) in [5.41, 5.74) is 0.0849. The van der Waals surface area contributed by atoms with Crippen LogP contribution in [0.4, 0.5) is 4.79 Å². The Balaban J connectivity index is 1.63. The third-order valence-electron chi connectivity index (χ3n) is 6.12. The van der Waals surface area contributed by atoms with Crippen LogP contribution < -0.4 is 10.1 Å². The van der Waals surface area contributed by atoms with Crippen molar-refractivity contribution in [3.8, 4) is 5.75 Å². The number of ether oxygens (including phenoxy) is 1. The summed E-state index contributed by atoms with van der Waals surface area (Å²) in [6.07, 6.45) is 2.51. The van der Waals surface area contributed by atoms with Crippen LogP contribution in [0.25, 0.3) is 0 Å². The van der Waals surface area contributed by atoms with Crippen LogP contribution in [-0.4, -0.2) is 48.8 Å². The molecule has 1 aromatic rings. The molecule has 1 saturated carbocycles. The number of carbonyl (C=O) groups is 2. The summed E-state index contributed by atoms with van der Waals surface area (Å²) in [7, 11) is 1.64. The zero-order valence-corrected chi connectivity index (χ0v) is 15.7. The Morgan fingerprint density at radius 1 is 1.42 bits per heavy atom. The molecule has 26 heavy (non-hydrogen) atoms. The van der Waals surface area contributed by atoms with E-state index >= 15 is 0 Å². The number of benzene rings is 1. The first-order chi connectivity index (χ1) is 12.3. The Hall–Kier alpha value is -2.24. The molecule has 0 spiro atoms. The maximum absolute atomic E-state index is 12.6. The number of carbonyl (C=O) groups excluding carboxylic acids is 1. The third-order valence-corrected chi connectivity index (χ3v) is 6.12. The van der Waals surface area contributed by atoms with E-state index in [0.717, 1.165) is 24.2 Å². The number of hydrogen-bond acceptors (Lipinski definition) is 3. The third kappa shape index (κ3) is 3.24. The van der Waals surface area contributed by atoms with Gasteiger partial charge in [0.2, 0.25) is 0 Å². The summed E-state index contributed by atoms with van der Waals surface area (Å²) >= 11 is 0. The van der Waals surface area contributed by atoms with E-state index in [4.69, 9.17) is 4.74 Å². The molecule has 0 unspecified atom stereocenters. The average molecular weight is 360 g/mol. The van der Waals surface area contributed by atoms with Gasteiger partial charge in [0.1, 0.15) is 5.75 Å². The number of nitrogens with zero attached hydrogens (tertiary/aromatic N) is 1. The number of likely N-dealkylation sites (tertiary alicyclic amines) is 1. The number of carboxylic acids is 1. The van der Waals surface area contributed by atoms with Gasteiger partial charge < -0.3 is 20.1 Å². The Morgan fingerprint density at radius 2 is 2.19 bits per heavy atom. The van der Waals surface area contributed by atoms with Crippen molar-refractivity contribution in [1.29, 1.82) is 0 Å². The molecule has 1 aliphatic carbocycles. The van der Waals surface area contributed by atoms with E-state index in [1.54, 1.807) is 12.0 Å². The number of rotatable bonds is 5. The number of fused-ring (bicyclic) bond motifs is 1. The number of carboxylic acid groups (broad SMARTS) is 1. The van der Waals surface area contributed by atoms with Gasteiger partial charge in [0, 0.05) is 25.0 Å². The Bertz CT molecular complexity index is 703. The van der Waals surface area contributed by atoms with E-state index < -0.39 is 11.4 Å². The van der Waals surface area contributed by atoms with Gasteiger partial charge in [-0.15, -0.1) is 0 Å². The summed E-state index contributed by atoms with van der Waals surface area (Å²) in [6, 6.07) is 7.67. The summed E-state index contributed by atoms with van der Waals surface area (Å²) < 4.78 is 5.28. The van der Waals surface area contributed by atoms with Crippen LogP contribution >= 0.6 is 0 Å². The average Bonchev–Trinajstić information content (AvgIpc) is 3.18. The molecular formula is C20H28N2O4. The molecule has 2 atom stereocenters. The first kappa shape index (κ1) is 18.5. The fourth-order valence-corrected chi connectivity index (χ4v) is 4.35. The van der Waals surface area contributed by atoms with Crippen molar-refractivity contribution in [2.24, 2.45) is 11.3 Å². The minimum atomic E-state index is -0.757. The van der Waals surface area contributed by atoms with Crippen LogP contribution in [0.15, 0.2) is 24.3 Å². The van der Waals surface area contributed by atoms with Gasteiger partial charge in [-0.1, -0.05) is 32.4 Å². The normalized spacial score (nSPS) is 25.0. The number of nitrogens with one attached hydrogen (secondary N) is 1. The fourth-order valence-electron chi connectivity index (χ4n) is 4.35. The van der Waals surface area contributed by atoms with E-state index in [1.807, 2.05) is 24.3 Å². The lowest BCUT2D eigenvalue weighted by Gasteiger charge is -2.28. The monoisotopic (exact) mass is 360 g/mol. The summed E-state index contributed by atoms with van der Waals surface area (Å²) in [6.45, 7) is 5.47. The highest BCUT2D eigenvalue weighted by molar-refractivity contribution is 5.80. The highest BCUT2D eigenvalue weighted by Crippen LogP contribution is 2.48. The second-order valence-corrected chi connectivity index (χ2v) is 8.21. The second kappa shape index (κ2) is 6.82. The lowest BCUT2D eigenvalue weighted by molar-refractivity contribution is -0.149. The predicted molar refractivity (Wildman–Crippen MR) is 98.4 cm³/mol. The Kier molecular flexibility index (Phi) is 4.86. The molecule has 2 N–H and O–H groups in total. The lowest BCUT2D eigenvalue weighted by atomic mass is 9.81. The van der Waals surface area contributed by atoms with Crippen molar-refractivity contribution in [3.63, 3.8) is 0 Å². The molecule has 0 radical (unpaired) electrons. The van der Waals surface area contributed by atoms with Gasteiger partial charge in [0.05, 0.1) is 12.5 Å². The standard InChI is InChI=1S/C20H28N2O4/c1-19(2,14-6-4-8-16(10-14)26-3)12-21-18(25)22-11-15-7-5-9-20(15,13-22)17(23)24/h4,6,8,10,15H,5,7,9,11-13H2,1-3H3,(H,21,25)(H,23,24)/t15-,20+/m0/s1. The van der Waals surface area contributed by atoms with Crippen molar-refractivity contribution in [2.75, 3.05) is 26.7 Å². The zero-order chi connectivity index (χ0) is 18.9. The van der Waals surface area contributed by atoms with E-state index in [-0.39, 0.29) is 17.4 Å². The molecule has 2 fully saturated rings. The highest BCUT2D eigenvalue weighted by atomic mass is 16.5. The number of hydrogen-bond donors (Lipinski definition) is 2. The molecule has 1 aliphatic heterocycles. The summed E-state index contributed by atoms with van der Waals surface area (Å²) in [5, 5.41) is 12.7. The molecule has 6 heteroatoms. The zero-order valence-electron chi connectivity index (χ0n) is 15.7. The Labute approximate surface area is 154 Å². The maximum Gasteiger partial charge on any atom is 0.317 e. The molecular weight excluding hydrogens is 332 g/mol. The molecule has 2 aliphatic rings. The smallest absolute Gasteiger partial charge is 0.317 e. The second-order valence-electron chi connectivity index (χ2n) is 8.21. The van der Waals surface area contributed by atoms with Crippen LogP contribution in [0.5, 0.6) is 5.75 Å². The first-order valence-electron chi connectivity index (χ1n) is 9.19. The van der Waals surface area contributed by atoms with Crippen LogP contribution in [0.2, 0.25) is 0 Å². The van der Waals surface area contributed by atoms with Crippen molar-refractivity contribution < 1.29 is 19.4 Å². The fraction of sp³-hybridized carbons (Fsp3) is 0.600. The van der Waals surface area contributed by atoms with Crippen molar-refractivity contribution >= 4 is 12.0 Å². The number of methoxy groups -OCH3 is 1. The van der Waals surface area contributed by atoms with Crippen molar-refractivity contribution in [1.82, 2.24) is 10.2 Å². The molecule has 142 valence electrons. The van der Waals surface area contributed by atoms with Gasteiger partial charge in [-0.05, 0) is 36.5 Å². The Morgan fingerprint density at radius 3 is 2.85 bits per heavy atom. The number of urea groups is 1. The molecule has 1 aromatic carbocycles. The minimum absolute atomic E-state index is 0.0807. The molecule has 2 amide bonds. The van der Waals surface area contributed by atoms with Gasteiger partial charge in [-0.3, -0.25) is 4.79 Å². The predicted octanol–water partition coefficient (Wildman–Crippen LogP) is 2.87. The first-order valence-corrected chi connectivity index (χ1v) is 9.19. The molecule has 0 bridgehead atoms. The van der Waals surface area contributed by atoms with Gasteiger partial charge in [0.15, 0.2) is 0 Å². The van der Waals surface area contributed by atoms with Gasteiger partial charge in [0.25, 0.3) is 0 Å². The van der Waals surface area contributed by atoms with Gasteiger partial charge in [-0.2, -0.15) is 0 Å². The minimum Gasteiger partial charge on any atom is -0.497 e. The molecule has 1 saturated heterocycles. The molecule has 1 heterocycles. The van der Waals surface area contributed by atoms with Crippen LogP contribution in [0.1, 0.15) is 38.7 Å². The molecule has 3 rings (SSSR count). The highest BCUT2D eigenvalue weighted by Gasteiger charge is 2.55. The topological polar surface area (TPSA) is 78.9 Å². The SMILES string of the molecule is COc1cccc(C(C)(C)CNC(=O)N2C[C@@H]3CCC[C@@]3(C(=O)O)C2)c1. The van der Waals surface area contributed by atoms with E-state index in [1.165, 1.54) is 0 Å². The maximum atomic E-state index is 12.6. The van der Waals surface area contributed by atoms with Gasteiger partial charge >= 0.3 is 12.0 Å². The summed E-state index contributed by atoms with van der Waals surface area (Å²) in [4.78, 5) is 26.1. The van der Waals surface area contributed by atoms with Crippen molar-refractivity contribution in [2.45, 2.75) is 38.5 Å². The van der Waals surface area contributed by atoms with E-state index in [2.05, 4.69) is 19.2 Å². The number of aliphatic carboxylic acids is 1. The van der Waals surface area contributed by atoms with Crippen LogP contribution in [-0.2, 0) is 10.2 Å². The molecule has 0 aromatic heterocycles. The number of amides is 2. The van der Waals surface area contributed by atoms with E-state index in [9.17, 15) is 14.7 Å². The van der Waals surface area contributed by atoms with E-state index in [0.29, 0.717) is 26.1 Å². The van der Waals surface area contributed by atoms with Crippen molar-refractivity contribution in [3.05, 3.63) is 29.8 Å². The largest absolute Gasteiger partial charge is 0.497 e. The van der Waals surface area contributed by atoms with Crippen LogP contribution in [0, 0.1) is 11.3 Å². The van der Waals surface area contributed by atoms with Crippen LogP contribution in [0.3, 0.4) is 0 Å². The summed E-state index contributed by atoms with van der Waals surface area (Å²) in [5.74, 6) is 0.113. The lowest BCUT2D eigenvalue weighted by Crippen LogP contribution is -2.45. The quantitative estimate of drug-likeness (QED) is 0.846. The van der Waals surface area contributed by atoms with Gasteiger partial charge in [-0.25, -0.2) is 4.79 Å². The molecule has 6 nitrogen and oxygen atoms in total.